The molecule has 1 fully saturated rings. The molecule has 0 aromatic rings. The third-order valence-corrected chi connectivity index (χ3v) is 2.47. The monoisotopic (exact) mass is 239 g/mol. The molecule has 1 saturated carbocycles. The first kappa shape index (κ1) is 12.5. The Balaban J connectivity index is 2.86. The molecule has 0 heterocycles. The highest BCUT2D eigenvalue weighted by Crippen LogP contribution is 2.58. The first-order valence-corrected chi connectivity index (χ1v) is 4.08. The topological polar surface area (TPSA) is 26.0 Å². The van der Waals surface area contributed by atoms with Gasteiger partial charge in [-0.1, -0.05) is 0 Å². The van der Waals surface area contributed by atoms with Gasteiger partial charge in [0.2, 0.25) is 0 Å². The van der Waals surface area contributed by atoms with E-state index >= 15 is 0 Å². The molecule has 0 aromatic heterocycles. The molecule has 1 nitrogen and oxygen atoms in total. The van der Waals surface area contributed by atoms with Gasteiger partial charge in [-0.3, -0.25) is 0 Å². The molecule has 0 spiro atoms. The van der Waals surface area contributed by atoms with Crippen LogP contribution in [0.1, 0.15) is 6.42 Å². The van der Waals surface area contributed by atoms with Crippen LogP contribution in [0.5, 0.6) is 0 Å². The molecule has 2 atom stereocenters. The van der Waals surface area contributed by atoms with Crippen LogP contribution in [-0.2, 0) is 0 Å². The zero-order valence-electron chi connectivity index (χ0n) is 7.29. The Labute approximate surface area is 80.4 Å². The summed E-state index contributed by atoms with van der Waals surface area (Å²) in [7, 11) is 0. The van der Waals surface area contributed by atoms with Gasteiger partial charge in [0.05, 0.1) is 0 Å². The highest BCUT2D eigenvalue weighted by atomic mass is 19.4. The lowest BCUT2D eigenvalue weighted by molar-refractivity contribution is -0.360. The van der Waals surface area contributed by atoms with Crippen LogP contribution in [0.25, 0.3) is 0 Å². The molecular formula is C7H8F7N. The fourth-order valence-electron chi connectivity index (χ4n) is 1.37. The highest BCUT2D eigenvalue weighted by molar-refractivity contribution is 5.05. The molecule has 8 heteroatoms. The molecule has 1 rings (SSSR count). The van der Waals surface area contributed by atoms with Gasteiger partial charge >= 0.3 is 18.0 Å². The summed E-state index contributed by atoms with van der Waals surface area (Å²) in [4.78, 5) is 0. The number of alkyl halides is 7. The Kier molecular flexibility index (Phi) is 2.70. The van der Waals surface area contributed by atoms with Crippen LogP contribution in [0.4, 0.5) is 30.7 Å². The summed E-state index contributed by atoms with van der Waals surface area (Å²) >= 11 is 0. The lowest BCUT2D eigenvalue weighted by Gasteiger charge is -2.28. The lowest BCUT2D eigenvalue weighted by Crippen LogP contribution is -2.53. The quantitative estimate of drug-likeness (QED) is 0.752. The number of nitrogens with two attached hydrogens (primary N) is 1. The van der Waals surface area contributed by atoms with Crippen molar-refractivity contribution in [2.75, 3.05) is 6.54 Å². The summed E-state index contributed by atoms with van der Waals surface area (Å²) in [5, 5.41) is 0. The Morgan fingerprint density at radius 1 is 1.00 bits per heavy atom. The summed E-state index contributed by atoms with van der Waals surface area (Å²) in [6.07, 6.45) is -6.63. The zero-order valence-corrected chi connectivity index (χ0v) is 7.29. The molecule has 0 saturated heterocycles. The minimum Gasteiger partial charge on any atom is -0.330 e. The van der Waals surface area contributed by atoms with Gasteiger partial charge in [0.15, 0.2) is 0 Å². The molecule has 0 bridgehead atoms. The second-order valence-corrected chi connectivity index (χ2v) is 3.53. The molecule has 15 heavy (non-hydrogen) atoms. The fourth-order valence-corrected chi connectivity index (χ4v) is 1.37. The fraction of sp³-hybridized carbons (Fsp3) is 1.00. The number of hydrogen-bond acceptors (Lipinski definition) is 1. The number of hydrogen-bond donors (Lipinski definition) is 1. The third-order valence-electron chi connectivity index (χ3n) is 2.47. The average molecular weight is 239 g/mol. The minimum absolute atomic E-state index is 0.311. The molecule has 0 radical (unpaired) electrons. The van der Waals surface area contributed by atoms with Crippen molar-refractivity contribution in [2.45, 2.75) is 24.4 Å². The second kappa shape index (κ2) is 3.23. The SMILES string of the molecule is NC[C@@H]1C[C@H]1C(F)(F)C(F)(F)C(F)(F)F. The Morgan fingerprint density at radius 2 is 1.47 bits per heavy atom. The summed E-state index contributed by atoms with van der Waals surface area (Å²) in [6.45, 7) is -0.311. The van der Waals surface area contributed by atoms with Crippen LogP contribution in [-0.4, -0.2) is 24.6 Å². The summed E-state index contributed by atoms with van der Waals surface area (Å²) in [5.74, 6) is -14.0. The molecule has 0 amide bonds. The smallest absolute Gasteiger partial charge is 0.330 e. The van der Waals surface area contributed by atoms with Crippen molar-refractivity contribution in [1.82, 2.24) is 0 Å². The van der Waals surface area contributed by atoms with E-state index in [1.165, 1.54) is 0 Å². The van der Waals surface area contributed by atoms with Gasteiger partial charge in [-0.05, 0) is 18.9 Å². The summed E-state index contributed by atoms with van der Waals surface area (Å²) < 4.78 is 85.4. The van der Waals surface area contributed by atoms with E-state index in [4.69, 9.17) is 5.73 Å². The Morgan fingerprint density at radius 3 is 1.73 bits per heavy atom. The zero-order chi connectivity index (χ0) is 12.1. The molecule has 0 unspecified atom stereocenters. The van der Waals surface area contributed by atoms with Crippen LogP contribution in [0.3, 0.4) is 0 Å². The van der Waals surface area contributed by atoms with Crippen molar-refractivity contribution in [1.29, 1.82) is 0 Å². The minimum atomic E-state index is -6.24. The van der Waals surface area contributed by atoms with Crippen molar-refractivity contribution in [3.63, 3.8) is 0 Å². The molecular weight excluding hydrogens is 231 g/mol. The van der Waals surface area contributed by atoms with Gasteiger partial charge in [0.1, 0.15) is 0 Å². The predicted molar refractivity (Wildman–Crippen MR) is 36.6 cm³/mol. The Hall–Kier alpha value is -0.530. The van der Waals surface area contributed by atoms with Gasteiger partial charge < -0.3 is 5.73 Å². The van der Waals surface area contributed by atoms with Crippen molar-refractivity contribution < 1.29 is 30.7 Å². The molecule has 1 aliphatic carbocycles. The lowest BCUT2D eigenvalue weighted by atomic mass is 10.0. The first-order chi connectivity index (χ1) is 6.55. The van der Waals surface area contributed by atoms with Gasteiger partial charge in [-0.2, -0.15) is 30.7 Å². The predicted octanol–water partition coefficient (Wildman–Crippen LogP) is 2.41. The normalized spacial score (nSPS) is 28.0. The van der Waals surface area contributed by atoms with Gasteiger partial charge in [0, 0.05) is 5.92 Å². The van der Waals surface area contributed by atoms with E-state index < -0.39 is 36.3 Å². The number of halogens is 7. The van der Waals surface area contributed by atoms with E-state index in [0.717, 1.165) is 0 Å². The van der Waals surface area contributed by atoms with Crippen molar-refractivity contribution in [2.24, 2.45) is 17.6 Å². The maximum absolute atomic E-state index is 12.8. The van der Waals surface area contributed by atoms with Crippen molar-refractivity contribution in [3.05, 3.63) is 0 Å². The van der Waals surface area contributed by atoms with Crippen LogP contribution in [0.15, 0.2) is 0 Å². The van der Waals surface area contributed by atoms with E-state index in [0.29, 0.717) is 0 Å². The van der Waals surface area contributed by atoms with E-state index in [1.54, 1.807) is 0 Å². The maximum Gasteiger partial charge on any atom is 0.459 e. The summed E-state index contributed by atoms with van der Waals surface area (Å²) in [6, 6.07) is 0. The van der Waals surface area contributed by atoms with Crippen LogP contribution < -0.4 is 5.73 Å². The molecule has 0 aliphatic heterocycles. The van der Waals surface area contributed by atoms with Crippen molar-refractivity contribution in [3.8, 4) is 0 Å². The first-order valence-electron chi connectivity index (χ1n) is 4.08. The highest BCUT2D eigenvalue weighted by Gasteiger charge is 2.78. The van der Waals surface area contributed by atoms with Gasteiger partial charge in [-0.25, -0.2) is 0 Å². The van der Waals surface area contributed by atoms with Crippen LogP contribution in [0.2, 0.25) is 0 Å². The third kappa shape index (κ3) is 1.79. The largest absolute Gasteiger partial charge is 0.459 e. The van der Waals surface area contributed by atoms with E-state index in [2.05, 4.69) is 0 Å². The molecule has 0 aromatic carbocycles. The van der Waals surface area contributed by atoms with Gasteiger partial charge in [-0.15, -0.1) is 0 Å². The number of rotatable bonds is 3. The average Bonchev–Trinajstić information content (AvgIpc) is 2.80. The molecule has 2 N–H and O–H groups in total. The maximum atomic E-state index is 12.8. The summed E-state index contributed by atoms with van der Waals surface area (Å²) in [5.41, 5.74) is 4.91. The van der Waals surface area contributed by atoms with Crippen LogP contribution >= 0.6 is 0 Å². The molecule has 1 aliphatic rings. The van der Waals surface area contributed by atoms with Gasteiger partial charge in [0.25, 0.3) is 0 Å². The van der Waals surface area contributed by atoms with Crippen molar-refractivity contribution >= 4 is 0 Å². The standard InChI is InChI=1S/C7H8F7N/c8-5(9,4-1-3(4)2-15)6(10,11)7(12,13)14/h3-4H,1-2,15H2/t3-,4+/m0/s1. The second-order valence-electron chi connectivity index (χ2n) is 3.53. The van der Waals surface area contributed by atoms with E-state index in [9.17, 15) is 30.7 Å². The molecule has 90 valence electrons. The van der Waals surface area contributed by atoms with E-state index in [-0.39, 0.29) is 6.54 Å². The van der Waals surface area contributed by atoms with E-state index in [1.807, 2.05) is 0 Å². The Bertz CT molecular complexity index is 246. The van der Waals surface area contributed by atoms with Crippen LogP contribution in [0, 0.1) is 11.8 Å².